The number of hydrogen-bond donors (Lipinski definition) is 2. The standard InChI is InChI=1S/C22H22O8/c1-2-3-8-14-9-7-12-16(13-14)22(28)30-18(20(25)26)17(19(23)24)29-21(27)15-10-5-4-6-11-15/h4-7,9-13,17-18H,2-3,8H2,1H3,(H,23,24)(H,25,26)/t17-,18-/m0/s1. The average Bonchev–Trinajstić information content (AvgIpc) is 2.74. The van der Waals surface area contributed by atoms with Gasteiger partial charge in [0.2, 0.25) is 12.2 Å². The highest BCUT2D eigenvalue weighted by atomic mass is 16.6. The summed E-state index contributed by atoms with van der Waals surface area (Å²) in [6.07, 6.45) is -1.84. The number of carboxylic acids is 2. The van der Waals surface area contributed by atoms with E-state index in [2.05, 4.69) is 0 Å². The molecule has 0 spiro atoms. The molecule has 8 heteroatoms. The van der Waals surface area contributed by atoms with Gasteiger partial charge in [0.05, 0.1) is 11.1 Å². The van der Waals surface area contributed by atoms with Gasteiger partial charge < -0.3 is 19.7 Å². The Balaban J connectivity index is 2.19. The SMILES string of the molecule is CCCCc1cccc(C(=O)O[C@H](C(=O)O)[C@H](OC(=O)c2ccccc2)C(=O)O)c1. The third kappa shape index (κ3) is 6.16. The van der Waals surface area contributed by atoms with Gasteiger partial charge in [-0.05, 0) is 42.7 Å². The number of aliphatic carboxylic acids is 2. The van der Waals surface area contributed by atoms with Crippen LogP contribution in [-0.2, 0) is 25.5 Å². The van der Waals surface area contributed by atoms with E-state index < -0.39 is 36.1 Å². The van der Waals surface area contributed by atoms with Gasteiger partial charge in [-0.25, -0.2) is 19.2 Å². The maximum atomic E-state index is 12.4. The van der Waals surface area contributed by atoms with Crippen LogP contribution in [0.3, 0.4) is 0 Å². The molecule has 2 atom stereocenters. The second kappa shape index (κ2) is 10.8. The highest BCUT2D eigenvalue weighted by Gasteiger charge is 2.41. The molecule has 0 fully saturated rings. The zero-order valence-electron chi connectivity index (χ0n) is 16.3. The van der Waals surface area contributed by atoms with Gasteiger partial charge in [-0.1, -0.05) is 43.7 Å². The molecule has 158 valence electrons. The van der Waals surface area contributed by atoms with E-state index in [9.17, 15) is 29.4 Å². The number of rotatable bonds is 10. The van der Waals surface area contributed by atoms with Crippen molar-refractivity contribution in [2.45, 2.75) is 38.4 Å². The first-order valence-corrected chi connectivity index (χ1v) is 9.35. The number of hydrogen-bond acceptors (Lipinski definition) is 6. The fraction of sp³-hybridized carbons (Fsp3) is 0.273. The number of esters is 2. The second-order valence-electron chi connectivity index (χ2n) is 6.50. The van der Waals surface area contributed by atoms with Crippen LogP contribution in [0, 0.1) is 0 Å². The molecular formula is C22H22O8. The van der Waals surface area contributed by atoms with Crippen LogP contribution < -0.4 is 0 Å². The van der Waals surface area contributed by atoms with Crippen molar-refractivity contribution in [2.75, 3.05) is 0 Å². The fourth-order valence-electron chi connectivity index (χ4n) is 2.66. The Morgan fingerprint density at radius 2 is 1.33 bits per heavy atom. The number of ether oxygens (including phenoxy) is 2. The summed E-state index contributed by atoms with van der Waals surface area (Å²) in [5, 5.41) is 18.8. The molecule has 0 unspecified atom stereocenters. The summed E-state index contributed by atoms with van der Waals surface area (Å²) in [7, 11) is 0. The van der Waals surface area contributed by atoms with Crippen molar-refractivity contribution in [2.24, 2.45) is 0 Å². The van der Waals surface area contributed by atoms with Crippen LogP contribution in [0.1, 0.15) is 46.0 Å². The predicted octanol–water partition coefficient (Wildman–Crippen LogP) is 2.95. The molecule has 2 rings (SSSR count). The molecule has 2 aromatic rings. The summed E-state index contributed by atoms with van der Waals surface area (Å²) in [4.78, 5) is 47.8. The zero-order valence-corrected chi connectivity index (χ0v) is 16.3. The van der Waals surface area contributed by atoms with Crippen LogP contribution in [0.25, 0.3) is 0 Å². The van der Waals surface area contributed by atoms with Crippen LogP contribution in [0.2, 0.25) is 0 Å². The first-order chi connectivity index (χ1) is 14.3. The first-order valence-electron chi connectivity index (χ1n) is 9.35. The molecule has 0 aliphatic carbocycles. The molecule has 0 heterocycles. The van der Waals surface area contributed by atoms with E-state index in [1.807, 2.05) is 13.0 Å². The molecule has 0 aliphatic heterocycles. The minimum Gasteiger partial charge on any atom is -0.478 e. The topological polar surface area (TPSA) is 127 Å². The number of carbonyl (C=O) groups excluding carboxylic acids is 2. The lowest BCUT2D eigenvalue weighted by molar-refractivity contribution is -0.166. The summed E-state index contributed by atoms with van der Waals surface area (Å²) in [6.45, 7) is 2.03. The molecule has 8 nitrogen and oxygen atoms in total. The smallest absolute Gasteiger partial charge is 0.349 e. The van der Waals surface area contributed by atoms with Crippen molar-refractivity contribution < 1.29 is 38.9 Å². The average molecular weight is 414 g/mol. The Bertz CT molecular complexity index is 906. The van der Waals surface area contributed by atoms with Crippen LogP contribution in [0.15, 0.2) is 54.6 Å². The predicted molar refractivity (Wildman–Crippen MR) is 105 cm³/mol. The fourth-order valence-corrected chi connectivity index (χ4v) is 2.66. The van der Waals surface area contributed by atoms with Crippen molar-refractivity contribution in [1.82, 2.24) is 0 Å². The molecular weight excluding hydrogens is 392 g/mol. The number of unbranched alkanes of at least 4 members (excludes halogenated alkanes) is 1. The minimum absolute atomic E-state index is 0.0304. The Labute approximate surface area is 173 Å². The third-order valence-electron chi connectivity index (χ3n) is 4.22. The number of carbonyl (C=O) groups is 4. The van der Waals surface area contributed by atoms with Gasteiger partial charge in [-0.2, -0.15) is 0 Å². The molecule has 0 bridgehead atoms. The van der Waals surface area contributed by atoms with Crippen molar-refractivity contribution in [3.8, 4) is 0 Å². The minimum atomic E-state index is -2.22. The Morgan fingerprint density at radius 1 is 0.800 bits per heavy atom. The molecule has 0 saturated carbocycles. The lowest BCUT2D eigenvalue weighted by atomic mass is 10.1. The highest BCUT2D eigenvalue weighted by molar-refractivity contribution is 5.95. The maximum absolute atomic E-state index is 12.4. The molecule has 2 N–H and O–H groups in total. The number of aryl methyl sites for hydroxylation is 1. The molecule has 0 radical (unpaired) electrons. The number of benzene rings is 2. The van der Waals surface area contributed by atoms with E-state index >= 15 is 0 Å². The lowest BCUT2D eigenvalue weighted by Gasteiger charge is -2.21. The zero-order chi connectivity index (χ0) is 22.1. The summed E-state index contributed by atoms with van der Waals surface area (Å²) in [5.74, 6) is -5.58. The van der Waals surface area contributed by atoms with Crippen LogP contribution in [-0.4, -0.2) is 46.3 Å². The lowest BCUT2D eigenvalue weighted by Crippen LogP contribution is -2.45. The van der Waals surface area contributed by atoms with Crippen LogP contribution in [0.4, 0.5) is 0 Å². The molecule has 0 aliphatic rings. The maximum Gasteiger partial charge on any atom is 0.349 e. The molecule has 2 aromatic carbocycles. The number of carboxylic acid groups (broad SMARTS) is 2. The van der Waals surface area contributed by atoms with Gasteiger partial charge in [0.25, 0.3) is 0 Å². The summed E-state index contributed by atoms with van der Waals surface area (Å²) in [5.41, 5.74) is 0.972. The van der Waals surface area contributed by atoms with Crippen molar-refractivity contribution in [3.63, 3.8) is 0 Å². The van der Waals surface area contributed by atoms with E-state index in [-0.39, 0.29) is 11.1 Å². The van der Waals surface area contributed by atoms with Crippen molar-refractivity contribution in [3.05, 3.63) is 71.3 Å². The van der Waals surface area contributed by atoms with E-state index in [0.717, 1.165) is 24.8 Å². The van der Waals surface area contributed by atoms with Crippen LogP contribution in [0.5, 0.6) is 0 Å². The van der Waals surface area contributed by atoms with E-state index in [1.165, 1.54) is 30.3 Å². The largest absolute Gasteiger partial charge is 0.478 e. The molecule has 0 amide bonds. The van der Waals surface area contributed by atoms with E-state index in [1.54, 1.807) is 18.2 Å². The third-order valence-corrected chi connectivity index (χ3v) is 4.22. The van der Waals surface area contributed by atoms with E-state index in [4.69, 9.17) is 9.47 Å². The van der Waals surface area contributed by atoms with Gasteiger partial charge >= 0.3 is 23.9 Å². The quantitative estimate of drug-likeness (QED) is 0.568. The van der Waals surface area contributed by atoms with Gasteiger partial charge in [0, 0.05) is 0 Å². The Hall–Kier alpha value is -3.68. The monoisotopic (exact) mass is 414 g/mol. The van der Waals surface area contributed by atoms with Gasteiger partial charge in [-0.3, -0.25) is 0 Å². The molecule has 0 saturated heterocycles. The Kier molecular flexibility index (Phi) is 8.10. The first kappa shape index (κ1) is 22.6. The molecule has 30 heavy (non-hydrogen) atoms. The van der Waals surface area contributed by atoms with Crippen molar-refractivity contribution >= 4 is 23.9 Å². The molecule has 0 aromatic heterocycles. The summed E-state index contributed by atoms with van der Waals surface area (Å²) >= 11 is 0. The van der Waals surface area contributed by atoms with E-state index in [0.29, 0.717) is 0 Å². The van der Waals surface area contributed by atoms with Gasteiger partial charge in [-0.15, -0.1) is 0 Å². The second-order valence-corrected chi connectivity index (χ2v) is 6.50. The highest BCUT2D eigenvalue weighted by Crippen LogP contribution is 2.15. The van der Waals surface area contributed by atoms with Gasteiger partial charge in [0.15, 0.2) is 0 Å². The Morgan fingerprint density at radius 3 is 1.87 bits per heavy atom. The van der Waals surface area contributed by atoms with Gasteiger partial charge in [0.1, 0.15) is 0 Å². The summed E-state index contributed by atoms with van der Waals surface area (Å²) in [6, 6.07) is 13.9. The van der Waals surface area contributed by atoms with Crippen molar-refractivity contribution in [1.29, 1.82) is 0 Å². The van der Waals surface area contributed by atoms with Crippen LogP contribution >= 0.6 is 0 Å². The normalized spacial score (nSPS) is 12.4. The summed E-state index contributed by atoms with van der Waals surface area (Å²) < 4.78 is 9.76.